The second-order valence-corrected chi connectivity index (χ2v) is 4.33. The van der Waals surface area contributed by atoms with Crippen LogP contribution in [0.25, 0.3) is 0 Å². The van der Waals surface area contributed by atoms with Gasteiger partial charge in [0.25, 0.3) is 0 Å². The number of hydrogen-bond donors (Lipinski definition) is 1. The fourth-order valence-electron chi connectivity index (χ4n) is 2.02. The molecule has 0 amide bonds. The van der Waals surface area contributed by atoms with Crippen LogP contribution in [0.5, 0.6) is 0 Å². The summed E-state index contributed by atoms with van der Waals surface area (Å²) in [6.45, 7) is 3.65. The van der Waals surface area contributed by atoms with Crippen LogP contribution in [0.1, 0.15) is 39.0 Å². The first-order valence-electron chi connectivity index (χ1n) is 6.03. The number of ether oxygens (including phenoxy) is 2. The van der Waals surface area contributed by atoms with Crippen molar-refractivity contribution in [3.8, 4) is 0 Å². The molecule has 2 rings (SSSR count). The van der Waals surface area contributed by atoms with Crippen LogP contribution < -0.4 is 5.48 Å². The van der Waals surface area contributed by atoms with Crippen molar-refractivity contribution in [1.82, 2.24) is 5.48 Å². The molecule has 0 aromatic heterocycles. The topological polar surface area (TPSA) is 39.7 Å². The molecule has 2 fully saturated rings. The molecule has 0 aliphatic carbocycles. The highest BCUT2D eigenvalue weighted by atomic mass is 16.7. The van der Waals surface area contributed by atoms with Gasteiger partial charge >= 0.3 is 0 Å². The Hall–Kier alpha value is -0.160. The van der Waals surface area contributed by atoms with Crippen molar-refractivity contribution < 1.29 is 14.3 Å². The van der Waals surface area contributed by atoms with Crippen LogP contribution in [0, 0.1) is 0 Å². The van der Waals surface area contributed by atoms with E-state index in [-0.39, 0.29) is 12.4 Å². The third kappa shape index (κ3) is 3.41. The summed E-state index contributed by atoms with van der Waals surface area (Å²) in [6.07, 6.45) is 5.76. The molecule has 0 saturated carbocycles. The van der Waals surface area contributed by atoms with Gasteiger partial charge in [0.2, 0.25) is 0 Å². The molecule has 3 unspecified atom stereocenters. The second kappa shape index (κ2) is 5.80. The van der Waals surface area contributed by atoms with Gasteiger partial charge in [-0.25, -0.2) is 0 Å². The zero-order chi connectivity index (χ0) is 10.5. The third-order valence-corrected chi connectivity index (χ3v) is 3.05. The van der Waals surface area contributed by atoms with Crippen LogP contribution in [0.4, 0.5) is 0 Å². The molecular weight excluding hydrogens is 194 g/mol. The van der Waals surface area contributed by atoms with Gasteiger partial charge in [-0.15, -0.1) is 0 Å². The van der Waals surface area contributed by atoms with Gasteiger partial charge in [-0.3, -0.25) is 4.84 Å². The van der Waals surface area contributed by atoms with E-state index in [1.165, 1.54) is 12.8 Å². The van der Waals surface area contributed by atoms with Gasteiger partial charge in [0.05, 0.1) is 6.61 Å². The quantitative estimate of drug-likeness (QED) is 0.773. The maximum atomic E-state index is 5.67. The maximum absolute atomic E-state index is 5.67. The average Bonchev–Trinajstić information content (AvgIpc) is 2.76. The Morgan fingerprint density at radius 3 is 3.00 bits per heavy atom. The van der Waals surface area contributed by atoms with Crippen LogP contribution in [0.15, 0.2) is 0 Å². The molecule has 4 heteroatoms. The van der Waals surface area contributed by atoms with Gasteiger partial charge in [0, 0.05) is 12.6 Å². The van der Waals surface area contributed by atoms with Crippen molar-refractivity contribution in [2.45, 2.75) is 57.5 Å². The van der Waals surface area contributed by atoms with Crippen molar-refractivity contribution in [3.05, 3.63) is 0 Å². The van der Waals surface area contributed by atoms with Crippen molar-refractivity contribution in [1.29, 1.82) is 0 Å². The maximum Gasteiger partial charge on any atom is 0.157 e. The summed E-state index contributed by atoms with van der Waals surface area (Å²) in [5.41, 5.74) is 3.02. The molecule has 0 aromatic rings. The molecule has 2 saturated heterocycles. The normalized spacial score (nSPS) is 37.0. The first-order valence-corrected chi connectivity index (χ1v) is 6.03. The van der Waals surface area contributed by atoms with E-state index >= 15 is 0 Å². The van der Waals surface area contributed by atoms with E-state index in [0.717, 1.165) is 25.9 Å². The van der Waals surface area contributed by atoms with Gasteiger partial charge in [0.1, 0.15) is 6.10 Å². The lowest BCUT2D eigenvalue weighted by atomic mass is 10.1. The number of nitrogens with one attached hydrogen (secondary N) is 1. The van der Waals surface area contributed by atoms with Crippen LogP contribution in [0.2, 0.25) is 0 Å². The summed E-state index contributed by atoms with van der Waals surface area (Å²) in [5, 5.41) is 0. The molecule has 0 aromatic carbocycles. The lowest BCUT2D eigenvalue weighted by Crippen LogP contribution is -2.27. The predicted octanol–water partition coefficient (Wildman–Crippen LogP) is 1.60. The number of hydroxylamine groups is 1. The molecule has 88 valence electrons. The van der Waals surface area contributed by atoms with Gasteiger partial charge < -0.3 is 9.47 Å². The molecule has 4 nitrogen and oxygen atoms in total. The Labute approximate surface area is 91.2 Å². The number of rotatable bonds is 4. The SMILES string of the molecule is CCC1CC(COC2CCCCO2)ON1. The van der Waals surface area contributed by atoms with Gasteiger partial charge in [0.15, 0.2) is 6.29 Å². The van der Waals surface area contributed by atoms with Gasteiger partial charge in [-0.1, -0.05) is 6.92 Å². The molecule has 2 aliphatic heterocycles. The summed E-state index contributed by atoms with van der Waals surface area (Å²) in [5.74, 6) is 0. The largest absolute Gasteiger partial charge is 0.353 e. The van der Waals surface area contributed by atoms with E-state index in [4.69, 9.17) is 14.3 Å². The first kappa shape index (κ1) is 11.3. The molecule has 0 bridgehead atoms. The Morgan fingerprint density at radius 2 is 2.33 bits per heavy atom. The molecule has 0 radical (unpaired) electrons. The molecule has 1 N–H and O–H groups in total. The highest BCUT2D eigenvalue weighted by Crippen LogP contribution is 2.17. The van der Waals surface area contributed by atoms with Gasteiger partial charge in [-0.2, -0.15) is 5.48 Å². The van der Waals surface area contributed by atoms with E-state index < -0.39 is 0 Å². The summed E-state index contributed by atoms with van der Waals surface area (Å²) >= 11 is 0. The zero-order valence-electron chi connectivity index (χ0n) is 9.41. The fourth-order valence-corrected chi connectivity index (χ4v) is 2.02. The van der Waals surface area contributed by atoms with E-state index in [1.807, 2.05) is 0 Å². The second-order valence-electron chi connectivity index (χ2n) is 4.33. The molecule has 2 heterocycles. The number of hydrogen-bond acceptors (Lipinski definition) is 4. The van der Waals surface area contributed by atoms with E-state index in [1.54, 1.807) is 0 Å². The molecule has 2 aliphatic rings. The smallest absolute Gasteiger partial charge is 0.157 e. The monoisotopic (exact) mass is 215 g/mol. The van der Waals surface area contributed by atoms with E-state index in [2.05, 4.69) is 12.4 Å². The van der Waals surface area contributed by atoms with Crippen LogP contribution >= 0.6 is 0 Å². The van der Waals surface area contributed by atoms with Crippen molar-refractivity contribution in [2.75, 3.05) is 13.2 Å². The highest BCUT2D eigenvalue weighted by molar-refractivity contribution is 4.73. The minimum atomic E-state index is 0.00280. The standard InChI is InChI=1S/C11H21NO3/c1-2-9-7-10(15-12-9)8-14-11-5-3-4-6-13-11/h9-12H,2-8H2,1H3. The molecule has 3 atom stereocenters. The summed E-state index contributed by atoms with van der Waals surface area (Å²) < 4.78 is 11.2. The molecular formula is C11H21NO3. The summed E-state index contributed by atoms with van der Waals surface area (Å²) in [7, 11) is 0. The van der Waals surface area contributed by atoms with Crippen molar-refractivity contribution >= 4 is 0 Å². The Bertz CT molecular complexity index is 183. The molecule has 15 heavy (non-hydrogen) atoms. The summed E-state index contributed by atoms with van der Waals surface area (Å²) in [6, 6.07) is 0.492. The minimum Gasteiger partial charge on any atom is -0.353 e. The van der Waals surface area contributed by atoms with E-state index in [9.17, 15) is 0 Å². The average molecular weight is 215 g/mol. The third-order valence-electron chi connectivity index (χ3n) is 3.05. The first-order chi connectivity index (χ1) is 7.38. The van der Waals surface area contributed by atoms with Crippen molar-refractivity contribution in [3.63, 3.8) is 0 Å². The zero-order valence-corrected chi connectivity index (χ0v) is 9.41. The lowest BCUT2D eigenvalue weighted by molar-refractivity contribution is -0.179. The van der Waals surface area contributed by atoms with Gasteiger partial charge in [-0.05, 0) is 32.1 Å². The highest BCUT2D eigenvalue weighted by Gasteiger charge is 2.25. The van der Waals surface area contributed by atoms with Crippen LogP contribution in [-0.4, -0.2) is 31.6 Å². The summed E-state index contributed by atoms with van der Waals surface area (Å²) in [4.78, 5) is 5.42. The Morgan fingerprint density at radius 1 is 1.40 bits per heavy atom. The fraction of sp³-hybridized carbons (Fsp3) is 1.00. The van der Waals surface area contributed by atoms with E-state index in [0.29, 0.717) is 12.6 Å². The Kier molecular flexibility index (Phi) is 4.38. The van der Waals surface area contributed by atoms with Crippen molar-refractivity contribution in [2.24, 2.45) is 0 Å². The minimum absolute atomic E-state index is 0.00280. The predicted molar refractivity (Wildman–Crippen MR) is 56.2 cm³/mol. The van der Waals surface area contributed by atoms with Crippen LogP contribution in [-0.2, 0) is 14.3 Å². The Balaban J connectivity index is 1.61. The lowest BCUT2D eigenvalue weighted by Gasteiger charge is -2.23. The molecule has 0 spiro atoms. The van der Waals surface area contributed by atoms with Crippen LogP contribution in [0.3, 0.4) is 0 Å².